The first kappa shape index (κ1) is 11.6. The lowest BCUT2D eigenvalue weighted by Gasteiger charge is -2.36. The molecule has 0 aromatic carbocycles. The van der Waals surface area contributed by atoms with Gasteiger partial charge in [-0.2, -0.15) is 0 Å². The maximum absolute atomic E-state index is 13.8. The molecule has 1 saturated heterocycles. The molecular weight excluding hydrogens is 188 g/mol. The molecule has 0 aliphatic carbocycles. The topological polar surface area (TPSA) is 12.5 Å². The summed E-state index contributed by atoms with van der Waals surface area (Å²) in [6.07, 6.45) is -1.62. The standard InChI is InChI=1S/C10H17F2NO/c1-8(2)10(3,12)9(11)13-4-6-14-7-5-13/h9H,1,4-7H2,2-3H3. The average molecular weight is 205 g/mol. The van der Waals surface area contributed by atoms with Crippen molar-refractivity contribution in [2.24, 2.45) is 0 Å². The van der Waals surface area contributed by atoms with Crippen LogP contribution in [0.1, 0.15) is 13.8 Å². The van der Waals surface area contributed by atoms with Crippen LogP contribution in [0.4, 0.5) is 8.78 Å². The van der Waals surface area contributed by atoms with Crippen molar-refractivity contribution in [1.29, 1.82) is 0 Å². The van der Waals surface area contributed by atoms with Gasteiger partial charge in [-0.1, -0.05) is 6.58 Å². The number of halogens is 2. The van der Waals surface area contributed by atoms with Gasteiger partial charge in [-0.3, -0.25) is 4.90 Å². The first-order valence-corrected chi connectivity index (χ1v) is 4.77. The predicted molar refractivity (Wildman–Crippen MR) is 51.6 cm³/mol. The molecule has 1 rings (SSSR count). The Morgan fingerprint density at radius 2 is 2.00 bits per heavy atom. The van der Waals surface area contributed by atoms with Gasteiger partial charge in [0.05, 0.1) is 13.2 Å². The Hall–Kier alpha value is -0.480. The summed E-state index contributed by atoms with van der Waals surface area (Å²) in [5.41, 5.74) is -1.76. The van der Waals surface area contributed by atoms with Crippen molar-refractivity contribution in [3.05, 3.63) is 12.2 Å². The molecule has 0 bridgehead atoms. The van der Waals surface area contributed by atoms with Crippen molar-refractivity contribution in [2.75, 3.05) is 26.3 Å². The summed E-state index contributed by atoms with van der Waals surface area (Å²) in [6, 6.07) is 0. The van der Waals surface area contributed by atoms with Gasteiger partial charge in [-0.05, 0) is 19.4 Å². The molecule has 0 aromatic heterocycles. The molecule has 2 unspecified atom stereocenters. The molecule has 4 heteroatoms. The van der Waals surface area contributed by atoms with Crippen LogP contribution in [0.25, 0.3) is 0 Å². The van der Waals surface area contributed by atoms with Crippen molar-refractivity contribution in [2.45, 2.75) is 25.8 Å². The van der Waals surface area contributed by atoms with Gasteiger partial charge in [0.1, 0.15) is 0 Å². The second kappa shape index (κ2) is 4.36. The highest BCUT2D eigenvalue weighted by molar-refractivity contribution is 5.10. The zero-order chi connectivity index (χ0) is 10.8. The number of morpholine rings is 1. The third-order valence-electron chi connectivity index (χ3n) is 2.65. The van der Waals surface area contributed by atoms with Crippen LogP contribution in [0.15, 0.2) is 12.2 Å². The Labute approximate surface area is 83.5 Å². The molecular formula is C10H17F2NO. The molecule has 1 aliphatic rings. The van der Waals surface area contributed by atoms with Gasteiger partial charge in [0, 0.05) is 13.1 Å². The van der Waals surface area contributed by atoms with Crippen molar-refractivity contribution in [3.63, 3.8) is 0 Å². The summed E-state index contributed by atoms with van der Waals surface area (Å²) >= 11 is 0. The maximum Gasteiger partial charge on any atom is 0.191 e. The molecule has 0 radical (unpaired) electrons. The Morgan fingerprint density at radius 3 is 2.43 bits per heavy atom. The van der Waals surface area contributed by atoms with Crippen LogP contribution in [0.5, 0.6) is 0 Å². The lowest BCUT2D eigenvalue weighted by Crippen LogP contribution is -2.50. The molecule has 2 atom stereocenters. The van der Waals surface area contributed by atoms with Crippen LogP contribution in [0.3, 0.4) is 0 Å². The lowest BCUT2D eigenvalue weighted by atomic mass is 9.98. The van der Waals surface area contributed by atoms with E-state index in [1.54, 1.807) is 0 Å². The van der Waals surface area contributed by atoms with Gasteiger partial charge < -0.3 is 4.74 Å². The van der Waals surface area contributed by atoms with E-state index in [9.17, 15) is 8.78 Å². The largest absolute Gasteiger partial charge is 0.379 e. The lowest BCUT2D eigenvalue weighted by molar-refractivity contribution is -0.0718. The summed E-state index contributed by atoms with van der Waals surface area (Å²) in [6.45, 7) is 8.02. The number of hydrogen-bond donors (Lipinski definition) is 0. The van der Waals surface area contributed by atoms with E-state index >= 15 is 0 Å². The Kier molecular flexibility index (Phi) is 3.61. The first-order chi connectivity index (χ1) is 6.46. The Bertz CT molecular complexity index is 212. The molecule has 1 fully saturated rings. The zero-order valence-electron chi connectivity index (χ0n) is 8.72. The second-order valence-corrected chi connectivity index (χ2v) is 3.84. The van der Waals surface area contributed by atoms with Crippen LogP contribution < -0.4 is 0 Å². The molecule has 1 aliphatic heterocycles. The quantitative estimate of drug-likeness (QED) is 0.515. The van der Waals surface area contributed by atoms with Crippen LogP contribution in [0, 0.1) is 0 Å². The number of hydrogen-bond acceptors (Lipinski definition) is 2. The highest BCUT2D eigenvalue weighted by atomic mass is 19.2. The van der Waals surface area contributed by atoms with Gasteiger partial charge in [-0.25, -0.2) is 8.78 Å². The fourth-order valence-corrected chi connectivity index (χ4v) is 1.35. The fourth-order valence-electron chi connectivity index (χ4n) is 1.35. The van der Waals surface area contributed by atoms with Gasteiger partial charge in [0.25, 0.3) is 0 Å². The fraction of sp³-hybridized carbons (Fsp3) is 0.800. The van der Waals surface area contributed by atoms with Crippen molar-refractivity contribution >= 4 is 0 Å². The van der Waals surface area contributed by atoms with Crippen LogP contribution in [-0.2, 0) is 4.74 Å². The zero-order valence-corrected chi connectivity index (χ0v) is 8.72. The van der Waals surface area contributed by atoms with E-state index in [1.165, 1.54) is 18.7 Å². The molecule has 0 saturated carbocycles. The summed E-state index contributed by atoms with van der Waals surface area (Å²) in [7, 11) is 0. The van der Waals surface area contributed by atoms with E-state index in [-0.39, 0.29) is 5.57 Å². The van der Waals surface area contributed by atoms with E-state index in [2.05, 4.69) is 6.58 Å². The third kappa shape index (κ3) is 2.30. The molecule has 82 valence electrons. The van der Waals surface area contributed by atoms with Gasteiger partial charge >= 0.3 is 0 Å². The second-order valence-electron chi connectivity index (χ2n) is 3.84. The molecule has 0 aromatic rings. The minimum Gasteiger partial charge on any atom is -0.379 e. The number of alkyl halides is 2. The number of ether oxygens (including phenoxy) is 1. The summed E-state index contributed by atoms with van der Waals surface area (Å²) in [4.78, 5) is 1.46. The summed E-state index contributed by atoms with van der Waals surface area (Å²) in [5, 5.41) is 0. The summed E-state index contributed by atoms with van der Waals surface area (Å²) in [5.74, 6) is 0. The van der Waals surface area contributed by atoms with Crippen molar-refractivity contribution < 1.29 is 13.5 Å². The Balaban J connectivity index is 2.62. The molecule has 0 N–H and O–H groups in total. The number of rotatable bonds is 3. The highest BCUT2D eigenvalue weighted by Gasteiger charge is 2.40. The minimum atomic E-state index is -1.97. The SMILES string of the molecule is C=C(C)C(C)(F)C(F)N1CCOCC1. The molecule has 2 nitrogen and oxygen atoms in total. The van der Waals surface area contributed by atoms with Crippen LogP contribution in [-0.4, -0.2) is 43.2 Å². The maximum atomic E-state index is 13.8. The smallest absolute Gasteiger partial charge is 0.191 e. The van der Waals surface area contributed by atoms with Crippen LogP contribution >= 0.6 is 0 Å². The van der Waals surface area contributed by atoms with Crippen molar-refractivity contribution in [1.82, 2.24) is 4.90 Å². The normalized spacial score (nSPS) is 25.4. The predicted octanol–water partition coefficient (Wildman–Crippen LogP) is 1.92. The number of nitrogens with zero attached hydrogens (tertiary/aromatic N) is 1. The van der Waals surface area contributed by atoms with E-state index < -0.39 is 12.0 Å². The minimum absolute atomic E-state index is 0.219. The van der Waals surface area contributed by atoms with Crippen LogP contribution in [0.2, 0.25) is 0 Å². The molecule has 14 heavy (non-hydrogen) atoms. The monoisotopic (exact) mass is 205 g/mol. The molecule has 0 spiro atoms. The van der Waals surface area contributed by atoms with Crippen molar-refractivity contribution in [3.8, 4) is 0 Å². The Morgan fingerprint density at radius 1 is 1.50 bits per heavy atom. The van der Waals surface area contributed by atoms with Gasteiger partial charge in [-0.15, -0.1) is 0 Å². The summed E-state index contributed by atoms with van der Waals surface area (Å²) < 4.78 is 32.7. The van der Waals surface area contributed by atoms with Gasteiger partial charge in [0.15, 0.2) is 12.0 Å². The molecule has 0 amide bonds. The van der Waals surface area contributed by atoms with E-state index in [0.717, 1.165) is 0 Å². The van der Waals surface area contributed by atoms with E-state index in [4.69, 9.17) is 4.74 Å². The highest BCUT2D eigenvalue weighted by Crippen LogP contribution is 2.29. The van der Waals surface area contributed by atoms with E-state index in [0.29, 0.717) is 26.3 Å². The van der Waals surface area contributed by atoms with Gasteiger partial charge in [0.2, 0.25) is 0 Å². The average Bonchev–Trinajstić information content (AvgIpc) is 2.17. The third-order valence-corrected chi connectivity index (χ3v) is 2.65. The van der Waals surface area contributed by atoms with E-state index in [1.807, 2.05) is 0 Å². The molecule has 1 heterocycles. The first-order valence-electron chi connectivity index (χ1n) is 4.77.